The monoisotopic (exact) mass is 272 g/mol. The smallest absolute Gasteiger partial charge is 0.204 e. The first-order valence-corrected chi connectivity index (χ1v) is 6.02. The molecule has 3 rings (SSSR count). The Morgan fingerprint density at radius 3 is 2.75 bits per heavy atom. The molecule has 0 aliphatic heterocycles. The van der Waals surface area contributed by atoms with Gasteiger partial charge in [-0.3, -0.25) is 4.79 Å². The lowest BCUT2D eigenvalue weighted by atomic mass is 10.1. The Morgan fingerprint density at radius 2 is 2.05 bits per heavy atom. The number of aromatic hydroxyl groups is 1. The Labute approximate surface area is 113 Å². The summed E-state index contributed by atoms with van der Waals surface area (Å²) in [5, 5.41) is 19.5. The number of fused-ring (bicyclic) bond motifs is 2. The molecular formula is C15H12O5. The summed E-state index contributed by atoms with van der Waals surface area (Å²) in [7, 11) is 1.48. The van der Waals surface area contributed by atoms with Gasteiger partial charge >= 0.3 is 0 Å². The van der Waals surface area contributed by atoms with Gasteiger partial charge in [-0.15, -0.1) is 0 Å². The molecular weight excluding hydrogens is 260 g/mol. The van der Waals surface area contributed by atoms with E-state index in [9.17, 15) is 15.0 Å². The highest BCUT2D eigenvalue weighted by Gasteiger charge is 2.14. The van der Waals surface area contributed by atoms with Crippen molar-refractivity contribution in [2.24, 2.45) is 0 Å². The maximum atomic E-state index is 12.4. The lowest BCUT2D eigenvalue weighted by Crippen LogP contribution is -2.04. The van der Waals surface area contributed by atoms with E-state index in [2.05, 4.69) is 0 Å². The van der Waals surface area contributed by atoms with Crippen LogP contribution in [0.4, 0.5) is 0 Å². The molecule has 102 valence electrons. The highest BCUT2D eigenvalue weighted by molar-refractivity contribution is 5.93. The zero-order valence-corrected chi connectivity index (χ0v) is 10.7. The molecule has 0 amide bonds. The van der Waals surface area contributed by atoms with Crippen molar-refractivity contribution >= 4 is 21.9 Å². The van der Waals surface area contributed by atoms with Crippen molar-refractivity contribution in [3.63, 3.8) is 0 Å². The lowest BCUT2D eigenvalue weighted by molar-refractivity contribution is 0.274. The Hall–Kier alpha value is -2.53. The van der Waals surface area contributed by atoms with Gasteiger partial charge in [0, 0.05) is 11.6 Å². The van der Waals surface area contributed by atoms with Crippen LogP contribution in [0.25, 0.3) is 21.9 Å². The molecule has 1 heterocycles. The fourth-order valence-corrected chi connectivity index (χ4v) is 2.27. The average Bonchev–Trinajstić information content (AvgIpc) is 2.46. The van der Waals surface area contributed by atoms with Crippen LogP contribution < -0.4 is 10.2 Å². The summed E-state index contributed by atoms with van der Waals surface area (Å²) in [5.74, 6) is 0.321. The number of aliphatic hydroxyl groups excluding tert-OH is 1. The van der Waals surface area contributed by atoms with Gasteiger partial charge in [-0.2, -0.15) is 0 Å². The van der Waals surface area contributed by atoms with E-state index in [1.54, 1.807) is 18.2 Å². The molecule has 5 nitrogen and oxygen atoms in total. The summed E-state index contributed by atoms with van der Waals surface area (Å²) in [6.45, 7) is -0.253. The third-order valence-electron chi connectivity index (χ3n) is 3.25. The summed E-state index contributed by atoms with van der Waals surface area (Å²) >= 11 is 0. The van der Waals surface area contributed by atoms with Gasteiger partial charge in [0.05, 0.1) is 19.1 Å². The van der Waals surface area contributed by atoms with Gasteiger partial charge in [-0.25, -0.2) is 0 Å². The molecule has 20 heavy (non-hydrogen) atoms. The number of hydrogen-bond acceptors (Lipinski definition) is 5. The van der Waals surface area contributed by atoms with Crippen molar-refractivity contribution in [1.29, 1.82) is 0 Å². The maximum absolute atomic E-state index is 12.4. The summed E-state index contributed by atoms with van der Waals surface area (Å²) in [5.41, 5.74) is 0.808. The second-order valence-corrected chi connectivity index (χ2v) is 4.40. The van der Waals surface area contributed by atoms with E-state index < -0.39 is 0 Å². The van der Waals surface area contributed by atoms with Crippen molar-refractivity contribution in [2.45, 2.75) is 6.61 Å². The summed E-state index contributed by atoms with van der Waals surface area (Å²) in [6.07, 6.45) is 0. The Bertz CT molecular complexity index is 863. The number of aliphatic hydroxyl groups is 1. The lowest BCUT2D eigenvalue weighted by Gasteiger charge is -2.08. The third kappa shape index (κ3) is 1.71. The van der Waals surface area contributed by atoms with Crippen LogP contribution in [0, 0.1) is 0 Å². The van der Waals surface area contributed by atoms with Crippen LogP contribution in [0.15, 0.2) is 39.5 Å². The third-order valence-corrected chi connectivity index (χ3v) is 3.25. The quantitative estimate of drug-likeness (QED) is 0.699. The minimum absolute atomic E-state index is 0.125. The molecule has 5 heteroatoms. The zero-order valence-electron chi connectivity index (χ0n) is 10.7. The first-order valence-electron chi connectivity index (χ1n) is 6.02. The molecule has 0 saturated carbocycles. The first-order chi connectivity index (χ1) is 9.65. The Kier molecular flexibility index (Phi) is 2.84. The molecule has 0 saturated heterocycles. The minimum atomic E-state index is -0.336. The van der Waals surface area contributed by atoms with E-state index in [4.69, 9.17) is 9.15 Å². The predicted octanol–water partition coefficient (Wildman–Crippen LogP) is 2.15. The van der Waals surface area contributed by atoms with E-state index in [0.29, 0.717) is 27.9 Å². The molecule has 2 aromatic carbocycles. The topological polar surface area (TPSA) is 79.9 Å². The van der Waals surface area contributed by atoms with E-state index in [1.807, 2.05) is 0 Å². The largest absolute Gasteiger partial charge is 0.507 e. The molecule has 0 fully saturated rings. The van der Waals surface area contributed by atoms with E-state index in [-0.39, 0.29) is 23.2 Å². The summed E-state index contributed by atoms with van der Waals surface area (Å²) < 4.78 is 10.8. The molecule has 3 aromatic rings. The molecule has 0 spiro atoms. The number of hydrogen-bond donors (Lipinski definition) is 2. The summed E-state index contributed by atoms with van der Waals surface area (Å²) in [6, 6.07) is 7.73. The number of rotatable bonds is 2. The van der Waals surface area contributed by atoms with Crippen LogP contribution in [0.1, 0.15) is 5.56 Å². The molecule has 0 unspecified atom stereocenters. The SMILES string of the molecule is COc1cc2oc3cccc(O)c3c(=O)c2cc1CO. The number of phenolic OH excluding ortho intramolecular Hbond substituents is 1. The first kappa shape index (κ1) is 12.5. The molecule has 0 atom stereocenters. The van der Waals surface area contributed by atoms with Gasteiger partial charge < -0.3 is 19.4 Å². The van der Waals surface area contributed by atoms with Crippen LogP contribution in [0.3, 0.4) is 0 Å². The van der Waals surface area contributed by atoms with Crippen molar-refractivity contribution in [1.82, 2.24) is 0 Å². The fourth-order valence-electron chi connectivity index (χ4n) is 2.27. The van der Waals surface area contributed by atoms with Crippen LogP contribution in [0.5, 0.6) is 11.5 Å². The molecule has 0 bridgehead atoms. The number of benzene rings is 2. The summed E-state index contributed by atoms with van der Waals surface area (Å²) in [4.78, 5) is 12.4. The van der Waals surface area contributed by atoms with Gasteiger partial charge in [-0.1, -0.05) is 6.07 Å². The van der Waals surface area contributed by atoms with E-state index in [1.165, 1.54) is 19.2 Å². The van der Waals surface area contributed by atoms with Gasteiger partial charge in [-0.05, 0) is 18.2 Å². The van der Waals surface area contributed by atoms with E-state index >= 15 is 0 Å². The van der Waals surface area contributed by atoms with Gasteiger partial charge in [0.15, 0.2) is 0 Å². The minimum Gasteiger partial charge on any atom is -0.507 e. The average molecular weight is 272 g/mol. The number of ether oxygens (including phenoxy) is 1. The second-order valence-electron chi connectivity index (χ2n) is 4.40. The van der Waals surface area contributed by atoms with Gasteiger partial charge in [0.2, 0.25) is 5.43 Å². The van der Waals surface area contributed by atoms with Crippen molar-refractivity contribution < 1.29 is 19.4 Å². The van der Waals surface area contributed by atoms with Crippen LogP contribution in [-0.4, -0.2) is 17.3 Å². The zero-order chi connectivity index (χ0) is 14.3. The van der Waals surface area contributed by atoms with Crippen molar-refractivity contribution in [3.05, 3.63) is 46.1 Å². The normalized spacial score (nSPS) is 11.1. The van der Waals surface area contributed by atoms with Gasteiger partial charge in [0.1, 0.15) is 28.1 Å². The van der Waals surface area contributed by atoms with Crippen LogP contribution in [0.2, 0.25) is 0 Å². The maximum Gasteiger partial charge on any atom is 0.204 e. The molecule has 1 aromatic heterocycles. The molecule has 0 aliphatic rings. The van der Waals surface area contributed by atoms with Crippen molar-refractivity contribution in [2.75, 3.05) is 7.11 Å². The predicted molar refractivity (Wildman–Crippen MR) is 74.1 cm³/mol. The molecule has 0 aliphatic carbocycles. The van der Waals surface area contributed by atoms with Crippen LogP contribution >= 0.6 is 0 Å². The highest BCUT2D eigenvalue weighted by atomic mass is 16.5. The Balaban J connectivity index is 2.51. The Morgan fingerprint density at radius 1 is 1.25 bits per heavy atom. The fraction of sp³-hybridized carbons (Fsp3) is 0.133. The standard InChI is InChI=1S/C15H12O5/c1-19-12-6-13-9(5-8(12)7-16)15(18)14-10(17)3-2-4-11(14)20-13/h2-6,16-17H,7H2,1H3. The number of methoxy groups -OCH3 is 1. The van der Waals surface area contributed by atoms with Crippen molar-refractivity contribution in [3.8, 4) is 11.5 Å². The molecule has 0 radical (unpaired) electrons. The molecule has 2 N–H and O–H groups in total. The van der Waals surface area contributed by atoms with Crippen LogP contribution in [-0.2, 0) is 6.61 Å². The van der Waals surface area contributed by atoms with Gasteiger partial charge in [0.25, 0.3) is 0 Å². The van der Waals surface area contributed by atoms with E-state index in [0.717, 1.165) is 0 Å². The second kappa shape index (κ2) is 4.54. The highest BCUT2D eigenvalue weighted by Crippen LogP contribution is 2.29. The number of phenols is 1.